The first kappa shape index (κ1) is 18.6. The molecule has 0 atom stereocenters. The van der Waals surface area contributed by atoms with Gasteiger partial charge in [-0.25, -0.2) is 0 Å². The van der Waals surface area contributed by atoms with E-state index in [0.29, 0.717) is 13.2 Å². The zero-order valence-corrected chi connectivity index (χ0v) is 17.0. The van der Waals surface area contributed by atoms with Crippen LogP contribution >= 0.6 is 15.9 Å². The van der Waals surface area contributed by atoms with Crippen LogP contribution in [0.2, 0.25) is 0 Å². The average Bonchev–Trinajstić information content (AvgIpc) is 2.62. The molecular formula is C22H24BrNO2. The highest BCUT2D eigenvalue weighted by molar-refractivity contribution is 9.10. The fraction of sp³-hybridized carbons (Fsp3) is 0.273. The molecule has 4 heteroatoms. The summed E-state index contributed by atoms with van der Waals surface area (Å²) in [4.78, 5) is 0. The monoisotopic (exact) mass is 413 g/mol. The molecule has 0 saturated carbocycles. The van der Waals surface area contributed by atoms with E-state index in [2.05, 4.69) is 69.8 Å². The highest BCUT2D eigenvalue weighted by atomic mass is 79.9. The average molecular weight is 414 g/mol. The van der Waals surface area contributed by atoms with Gasteiger partial charge in [0.1, 0.15) is 0 Å². The first-order valence-electron chi connectivity index (χ1n) is 8.92. The molecule has 0 unspecified atom stereocenters. The van der Waals surface area contributed by atoms with Crippen LogP contribution in [0.4, 0.5) is 5.69 Å². The largest absolute Gasteiger partial charge is 0.490 e. The minimum Gasteiger partial charge on any atom is -0.490 e. The highest BCUT2D eigenvalue weighted by Crippen LogP contribution is 2.38. The van der Waals surface area contributed by atoms with E-state index < -0.39 is 0 Å². The van der Waals surface area contributed by atoms with Gasteiger partial charge in [0.2, 0.25) is 0 Å². The van der Waals surface area contributed by atoms with Crippen molar-refractivity contribution in [1.82, 2.24) is 0 Å². The van der Waals surface area contributed by atoms with E-state index in [1.54, 1.807) is 0 Å². The number of nitrogens with one attached hydrogen (secondary N) is 1. The van der Waals surface area contributed by atoms with E-state index in [-0.39, 0.29) is 6.10 Å². The quantitative estimate of drug-likeness (QED) is 0.485. The zero-order chi connectivity index (χ0) is 18.5. The van der Waals surface area contributed by atoms with Gasteiger partial charge in [-0.1, -0.05) is 36.4 Å². The van der Waals surface area contributed by atoms with Crippen molar-refractivity contribution in [3.8, 4) is 11.5 Å². The standard InChI is InChI=1S/C22H24BrNO2/c1-4-25-21-13-16(12-19(23)22(21)26-15(2)3)14-24-20-11-7-9-17-8-5-6-10-18(17)20/h5-13,15,24H,4,14H2,1-3H3. The van der Waals surface area contributed by atoms with E-state index in [1.807, 2.05) is 26.8 Å². The predicted octanol–water partition coefficient (Wildman–Crippen LogP) is 6.40. The Kier molecular flexibility index (Phi) is 6.04. The molecule has 0 heterocycles. The van der Waals surface area contributed by atoms with Crippen molar-refractivity contribution < 1.29 is 9.47 Å². The fourth-order valence-electron chi connectivity index (χ4n) is 2.91. The van der Waals surface area contributed by atoms with Gasteiger partial charge in [-0.15, -0.1) is 0 Å². The number of hydrogen-bond donors (Lipinski definition) is 1. The molecule has 0 aliphatic rings. The third-order valence-corrected chi connectivity index (χ3v) is 4.58. The van der Waals surface area contributed by atoms with Gasteiger partial charge in [-0.2, -0.15) is 0 Å². The lowest BCUT2D eigenvalue weighted by atomic mass is 10.1. The van der Waals surface area contributed by atoms with Gasteiger partial charge in [0, 0.05) is 17.6 Å². The van der Waals surface area contributed by atoms with E-state index in [1.165, 1.54) is 10.8 Å². The number of ether oxygens (including phenoxy) is 2. The maximum atomic E-state index is 5.91. The molecule has 26 heavy (non-hydrogen) atoms. The van der Waals surface area contributed by atoms with Crippen molar-refractivity contribution in [3.63, 3.8) is 0 Å². The van der Waals surface area contributed by atoms with Gasteiger partial charge >= 0.3 is 0 Å². The number of fused-ring (bicyclic) bond motifs is 1. The van der Waals surface area contributed by atoms with Gasteiger partial charge in [0.25, 0.3) is 0 Å². The molecule has 3 rings (SSSR count). The Bertz CT molecular complexity index is 887. The van der Waals surface area contributed by atoms with E-state index in [0.717, 1.165) is 27.2 Å². The normalized spacial score (nSPS) is 11.0. The third-order valence-electron chi connectivity index (χ3n) is 4.00. The molecule has 0 saturated heterocycles. The van der Waals surface area contributed by atoms with E-state index >= 15 is 0 Å². The van der Waals surface area contributed by atoms with Gasteiger partial charge in [0.05, 0.1) is 17.2 Å². The molecule has 0 spiro atoms. The molecular weight excluding hydrogens is 390 g/mol. The Labute approximate surface area is 163 Å². The minimum atomic E-state index is 0.0881. The lowest BCUT2D eigenvalue weighted by Crippen LogP contribution is -2.09. The fourth-order valence-corrected chi connectivity index (χ4v) is 3.50. The van der Waals surface area contributed by atoms with Gasteiger partial charge in [0.15, 0.2) is 11.5 Å². The smallest absolute Gasteiger partial charge is 0.175 e. The summed E-state index contributed by atoms with van der Waals surface area (Å²) in [5.41, 5.74) is 2.25. The molecule has 1 N–H and O–H groups in total. The zero-order valence-electron chi connectivity index (χ0n) is 15.4. The first-order valence-corrected chi connectivity index (χ1v) is 9.71. The molecule has 0 aliphatic heterocycles. The maximum absolute atomic E-state index is 5.91. The first-order chi connectivity index (χ1) is 12.6. The summed E-state index contributed by atoms with van der Waals surface area (Å²) in [5.74, 6) is 1.53. The maximum Gasteiger partial charge on any atom is 0.175 e. The second kappa shape index (κ2) is 8.45. The Balaban J connectivity index is 1.85. The lowest BCUT2D eigenvalue weighted by Gasteiger charge is -2.18. The molecule has 3 aromatic rings. The van der Waals surface area contributed by atoms with Gasteiger partial charge in [-0.05, 0) is 65.8 Å². The van der Waals surface area contributed by atoms with Crippen LogP contribution < -0.4 is 14.8 Å². The van der Waals surface area contributed by atoms with Crippen LogP contribution in [0.5, 0.6) is 11.5 Å². The minimum absolute atomic E-state index is 0.0881. The van der Waals surface area contributed by atoms with Gasteiger partial charge < -0.3 is 14.8 Å². The molecule has 3 aromatic carbocycles. The Morgan fingerprint density at radius 3 is 2.58 bits per heavy atom. The van der Waals surface area contributed by atoms with Crippen molar-refractivity contribution in [2.45, 2.75) is 33.4 Å². The summed E-state index contributed by atoms with van der Waals surface area (Å²) in [5, 5.41) is 6.00. The molecule has 0 fully saturated rings. The van der Waals surface area contributed by atoms with Crippen molar-refractivity contribution in [1.29, 1.82) is 0 Å². The molecule has 0 bridgehead atoms. The Morgan fingerprint density at radius 1 is 1.04 bits per heavy atom. The van der Waals surface area contributed by atoms with Crippen LogP contribution in [0.1, 0.15) is 26.3 Å². The summed E-state index contributed by atoms with van der Waals surface area (Å²) in [6.07, 6.45) is 0.0881. The third kappa shape index (κ3) is 4.31. The summed E-state index contributed by atoms with van der Waals surface area (Å²) in [7, 11) is 0. The molecule has 0 aromatic heterocycles. The molecule has 0 aliphatic carbocycles. The summed E-state index contributed by atoms with van der Waals surface area (Å²) in [6.45, 7) is 7.31. The van der Waals surface area contributed by atoms with Crippen molar-refractivity contribution in [2.75, 3.05) is 11.9 Å². The van der Waals surface area contributed by atoms with E-state index in [4.69, 9.17) is 9.47 Å². The number of halogens is 1. The Morgan fingerprint density at radius 2 is 1.81 bits per heavy atom. The number of rotatable bonds is 7. The van der Waals surface area contributed by atoms with Crippen LogP contribution in [0.3, 0.4) is 0 Å². The van der Waals surface area contributed by atoms with Crippen LogP contribution in [0.25, 0.3) is 10.8 Å². The molecule has 0 radical (unpaired) electrons. The molecule has 3 nitrogen and oxygen atoms in total. The molecule has 136 valence electrons. The van der Waals surface area contributed by atoms with Crippen molar-refractivity contribution in [3.05, 3.63) is 64.6 Å². The van der Waals surface area contributed by atoms with Crippen LogP contribution in [-0.2, 0) is 6.54 Å². The van der Waals surface area contributed by atoms with Crippen molar-refractivity contribution >= 4 is 32.4 Å². The molecule has 0 amide bonds. The summed E-state index contributed by atoms with van der Waals surface area (Å²) >= 11 is 3.63. The Hall–Kier alpha value is -2.20. The van der Waals surface area contributed by atoms with Crippen LogP contribution in [0, 0.1) is 0 Å². The topological polar surface area (TPSA) is 30.5 Å². The van der Waals surface area contributed by atoms with Crippen molar-refractivity contribution in [2.24, 2.45) is 0 Å². The second-order valence-electron chi connectivity index (χ2n) is 6.38. The van der Waals surface area contributed by atoms with Gasteiger partial charge in [-0.3, -0.25) is 0 Å². The SMILES string of the molecule is CCOc1cc(CNc2cccc3ccccc23)cc(Br)c1OC(C)C. The lowest BCUT2D eigenvalue weighted by molar-refractivity contribution is 0.222. The van der Waals surface area contributed by atoms with E-state index in [9.17, 15) is 0 Å². The summed E-state index contributed by atoms with van der Waals surface area (Å²) < 4.78 is 12.6. The van der Waals surface area contributed by atoms with Crippen LogP contribution in [0.15, 0.2) is 59.1 Å². The predicted molar refractivity (Wildman–Crippen MR) is 112 cm³/mol. The number of benzene rings is 3. The summed E-state index contributed by atoms with van der Waals surface area (Å²) in [6, 6.07) is 18.8. The van der Waals surface area contributed by atoms with Crippen LogP contribution in [-0.4, -0.2) is 12.7 Å². The second-order valence-corrected chi connectivity index (χ2v) is 7.24. The highest BCUT2D eigenvalue weighted by Gasteiger charge is 2.14. The number of hydrogen-bond acceptors (Lipinski definition) is 3. The number of anilines is 1.